The van der Waals surface area contributed by atoms with E-state index in [-0.39, 0.29) is 18.1 Å². The summed E-state index contributed by atoms with van der Waals surface area (Å²) in [7, 11) is 3.23. The monoisotopic (exact) mass is 503 g/mol. The van der Waals surface area contributed by atoms with Crippen LogP contribution < -0.4 is 21.5 Å². The molecule has 1 amide bonds. The van der Waals surface area contributed by atoms with Gasteiger partial charge in [0.05, 0.1) is 5.69 Å². The SMILES string of the molecule is CN=C/C1=C(\N)c2ccc(F)cc2[C@@H](C)Oc2cc(cnc2N)-c2c(c(C(=O)NC)nn2CC2CC2)C1. The van der Waals surface area contributed by atoms with E-state index in [1.165, 1.54) is 12.1 Å². The molecule has 0 spiro atoms. The molecule has 37 heavy (non-hydrogen) atoms. The van der Waals surface area contributed by atoms with Crippen LogP contribution in [-0.2, 0) is 13.0 Å². The maximum absolute atomic E-state index is 14.4. The number of nitrogens with zero attached hydrogens (tertiary/aromatic N) is 4. The third-order valence-electron chi connectivity index (χ3n) is 6.82. The third kappa shape index (κ3) is 4.66. The Morgan fingerprint density at radius 3 is 2.81 bits per heavy atom. The minimum atomic E-state index is -0.583. The molecule has 192 valence electrons. The van der Waals surface area contributed by atoms with Gasteiger partial charge in [0.1, 0.15) is 11.9 Å². The highest BCUT2D eigenvalue weighted by atomic mass is 19.1. The van der Waals surface area contributed by atoms with Gasteiger partial charge >= 0.3 is 0 Å². The van der Waals surface area contributed by atoms with E-state index in [2.05, 4.69) is 15.3 Å². The summed E-state index contributed by atoms with van der Waals surface area (Å²) in [6, 6.07) is 6.19. The highest BCUT2D eigenvalue weighted by Crippen LogP contribution is 2.39. The van der Waals surface area contributed by atoms with Gasteiger partial charge in [0.2, 0.25) is 0 Å². The van der Waals surface area contributed by atoms with Gasteiger partial charge in [-0.1, -0.05) is 0 Å². The van der Waals surface area contributed by atoms with Crippen molar-refractivity contribution in [1.29, 1.82) is 0 Å². The number of allylic oxidation sites excluding steroid dienone is 1. The second-order valence-electron chi connectivity index (χ2n) is 9.48. The summed E-state index contributed by atoms with van der Waals surface area (Å²) >= 11 is 0. The summed E-state index contributed by atoms with van der Waals surface area (Å²) in [6.07, 6.45) is 5.25. The molecular formula is C27H30FN7O2. The summed E-state index contributed by atoms with van der Waals surface area (Å²) in [5.74, 6) is 0.337. The molecule has 2 bridgehead atoms. The zero-order valence-electron chi connectivity index (χ0n) is 21.1. The highest BCUT2D eigenvalue weighted by molar-refractivity contribution is 5.97. The quantitative estimate of drug-likeness (QED) is 0.467. The van der Waals surface area contributed by atoms with Gasteiger partial charge in [-0.2, -0.15) is 5.10 Å². The Morgan fingerprint density at radius 2 is 2.11 bits per heavy atom. The number of nitrogens with one attached hydrogen (secondary N) is 1. The molecular weight excluding hydrogens is 473 g/mol. The predicted octanol–water partition coefficient (Wildman–Crippen LogP) is 3.50. The summed E-state index contributed by atoms with van der Waals surface area (Å²) in [5, 5.41) is 7.45. The molecule has 0 unspecified atom stereocenters. The number of carbonyl (C=O) groups excluding carboxylic acids is 1. The van der Waals surface area contributed by atoms with Gasteiger partial charge in [-0.05, 0) is 55.5 Å². The van der Waals surface area contributed by atoms with Crippen LogP contribution in [0.15, 0.2) is 41.0 Å². The molecule has 1 aromatic carbocycles. The number of ether oxygens (including phenoxy) is 1. The van der Waals surface area contributed by atoms with Crippen molar-refractivity contribution in [2.75, 3.05) is 19.8 Å². The average molecular weight is 504 g/mol. The van der Waals surface area contributed by atoms with Crippen LogP contribution in [0.1, 0.15) is 53.0 Å². The average Bonchev–Trinajstić information content (AvgIpc) is 3.63. The Labute approximate surface area is 214 Å². The fourth-order valence-electron chi connectivity index (χ4n) is 4.75. The van der Waals surface area contributed by atoms with Crippen molar-refractivity contribution < 1.29 is 13.9 Å². The lowest BCUT2D eigenvalue weighted by Gasteiger charge is -2.22. The van der Waals surface area contributed by atoms with Gasteiger partial charge in [0, 0.05) is 67.4 Å². The van der Waals surface area contributed by atoms with Crippen molar-refractivity contribution in [3.8, 4) is 17.0 Å². The molecule has 0 radical (unpaired) electrons. The number of aliphatic imine (C=N–C) groups is 1. The van der Waals surface area contributed by atoms with Crippen LogP contribution in [0, 0.1) is 11.7 Å². The Bertz CT molecular complexity index is 1440. The normalized spacial score (nSPS) is 19.4. The molecule has 3 aromatic rings. The molecule has 5 rings (SSSR count). The number of hydrogen-bond donors (Lipinski definition) is 3. The Hall–Kier alpha value is -4.21. The van der Waals surface area contributed by atoms with Crippen molar-refractivity contribution in [3.05, 3.63) is 64.2 Å². The number of carbonyl (C=O) groups is 1. The minimum absolute atomic E-state index is 0.203. The summed E-state index contributed by atoms with van der Waals surface area (Å²) < 4.78 is 22.5. The largest absolute Gasteiger partial charge is 0.482 e. The van der Waals surface area contributed by atoms with Crippen LogP contribution in [0.2, 0.25) is 0 Å². The highest BCUT2D eigenvalue weighted by Gasteiger charge is 2.30. The number of anilines is 1. The Balaban J connectivity index is 1.83. The van der Waals surface area contributed by atoms with Gasteiger partial charge in [-0.25, -0.2) is 9.37 Å². The third-order valence-corrected chi connectivity index (χ3v) is 6.82. The first-order valence-corrected chi connectivity index (χ1v) is 12.3. The molecule has 10 heteroatoms. The second-order valence-corrected chi connectivity index (χ2v) is 9.48. The van der Waals surface area contributed by atoms with E-state index < -0.39 is 11.9 Å². The van der Waals surface area contributed by atoms with Crippen molar-refractivity contribution in [1.82, 2.24) is 20.1 Å². The molecule has 2 aliphatic rings. The van der Waals surface area contributed by atoms with Gasteiger partial charge in [-0.15, -0.1) is 0 Å². The number of fused-ring (bicyclic) bond motifs is 5. The summed E-state index contributed by atoms with van der Waals surface area (Å²) in [5.41, 5.74) is 17.6. The molecule has 2 aromatic heterocycles. The van der Waals surface area contributed by atoms with Crippen molar-refractivity contribution in [2.24, 2.45) is 16.6 Å². The number of hydrogen-bond acceptors (Lipinski definition) is 7. The number of nitrogen functional groups attached to an aromatic ring is 1. The van der Waals surface area contributed by atoms with Gasteiger partial charge in [-0.3, -0.25) is 14.5 Å². The maximum atomic E-state index is 14.4. The van der Waals surface area contributed by atoms with E-state index in [1.54, 1.807) is 38.6 Å². The molecule has 1 fully saturated rings. The number of aromatic nitrogens is 3. The first-order valence-electron chi connectivity index (χ1n) is 12.3. The Kier molecular flexibility index (Phi) is 6.41. The van der Waals surface area contributed by atoms with Crippen molar-refractivity contribution in [3.63, 3.8) is 0 Å². The van der Waals surface area contributed by atoms with Crippen LogP contribution in [0.4, 0.5) is 10.2 Å². The van der Waals surface area contributed by atoms with E-state index in [4.69, 9.17) is 21.3 Å². The van der Waals surface area contributed by atoms with Crippen LogP contribution in [0.25, 0.3) is 17.0 Å². The lowest BCUT2D eigenvalue weighted by atomic mass is 9.93. The number of amides is 1. The van der Waals surface area contributed by atoms with E-state index in [0.717, 1.165) is 18.5 Å². The molecule has 1 atom stereocenters. The van der Waals surface area contributed by atoms with E-state index in [0.29, 0.717) is 57.4 Å². The van der Waals surface area contributed by atoms with Crippen molar-refractivity contribution in [2.45, 2.75) is 38.8 Å². The molecule has 0 saturated heterocycles. The molecule has 9 nitrogen and oxygen atoms in total. The Morgan fingerprint density at radius 1 is 1.32 bits per heavy atom. The van der Waals surface area contributed by atoms with Gasteiger partial charge < -0.3 is 21.5 Å². The number of nitrogens with two attached hydrogens (primary N) is 2. The fraction of sp³-hybridized carbons (Fsp3) is 0.333. The molecule has 5 N–H and O–H groups in total. The van der Waals surface area contributed by atoms with Crippen LogP contribution >= 0.6 is 0 Å². The zero-order chi connectivity index (χ0) is 26.3. The first-order chi connectivity index (χ1) is 17.8. The maximum Gasteiger partial charge on any atom is 0.271 e. The molecule has 3 heterocycles. The van der Waals surface area contributed by atoms with E-state index >= 15 is 0 Å². The number of halogens is 1. The standard InChI is InChI=1S/C27H30FN7O2/c1-14-20-10-18(28)6-7-19(20)23(29)16(11-31-2)8-21-24(27(36)32-3)34-35(13-15-4-5-15)25(21)17-9-22(37-14)26(30)33-12-17/h6-7,9-12,14-15H,4-5,8,13,29H2,1-3H3,(H2,30,33)(H,32,36)/b23-16-,31-11?/t14-/m1/s1. The molecule has 1 aliphatic carbocycles. The first kappa shape index (κ1) is 24.5. The molecule has 1 aliphatic heterocycles. The molecule has 1 saturated carbocycles. The van der Waals surface area contributed by atoms with Crippen molar-refractivity contribution >= 4 is 23.6 Å². The smallest absolute Gasteiger partial charge is 0.271 e. The second kappa shape index (κ2) is 9.68. The summed E-state index contributed by atoms with van der Waals surface area (Å²) in [6.45, 7) is 2.48. The topological polar surface area (TPSA) is 133 Å². The number of rotatable bonds is 4. The van der Waals surface area contributed by atoms with Crippen LogP contribution in [0.5, 0.6) is 5.75 Å². The number of pyridine rings is 1. The van der Waals surface area contributed by atoms with E-state index in [9.17, 15) is 9.18 Å². The van der Waals surface area contributed by atoms with Gasteiger partial charge in [0.15, 0.2) is 17.3 Å². The zero-order valence-corrected chi connectivity index (χ0v) is 21.1. The van der Waals surface area contributed by atoms with Crippen LogP contribution in [-0.4, -0.2) is 41.0 Å². The predicted molar refractivity (Wildman–Crippen MR) is 141 cm³/mol. The lowest BCUT2D eigenvalue weighted by Crippen LogP contribution is -2.21. The number of benzene rings is 1. The van der Waals surface area contributed by atoms with Gasteiger partial charge in [0.25, 0.3) is 5.91 Å². The van der Waals surface area contributed by atoms with E-state index in [1.807, 2.05) is 11.6 Å². The fourth-order valence-corrected chi connectivity index (χ4v) is 4.75. The lowest BCUT2D eigenvalue weighted by molar-refractivity contribution is 0.0956. The van der Waals surface area contributed by atoms with Crippen LogP contribution in [0.3, 0.4) is 0 Å². The summed E-state index contributed by atoms with van der Waals surface area (Å²) in [4.78, 5) is 21.6. The minimum Gasteiger partial charge on any atom is -0.482 e.